The summed E-state index contributed by atoms with van der Waals surface area (Å²) >= 11 is 5.64. The number of hydrogen-bond donors (Lipinski definition) is 0. The van der Waals surface area contributed by atoms with Gasteiger partial charge in [-0.15, -0.1) is 10.2 Å². The number of halogens is 4. The third-order valence-electron chi connectivity index (χ3n) is 1.89. The summed E-state index contributed by atoms with van der Waals surface area (Å²) in [6, 6.07) is 3.50. The van der Waals surface area contributed by atoms with Gasteiger partial charge in [-0.2, -0.15) is 13.2 Å². The molecule has 2 aromatic rings. The molecule has 3 nitrogen and oxygen atoms in total. The van der Waals surface area contributed by atoms with Crippen LogP contribution >= 0.6 is 11.6 Å². The lowest BCUT2D eigenvalue weighted by atomic mass is 10.1. The molecule has 1 heterocycles. The van der Waals surface area contributed by atoms with Crippen molar-refractivity contribution in [2.75, 3.05) is 0 Å². The molecule has 0 fully saturated rings. The summed E-state index contributed by atoms with van der Waals surface area (Å²) in [4.78, 5) is 0. The summed E-state index contributed by atoms with van der Waals surface area (Å²) in [6.45, 7) is 0. The molecule has 2 rings (SSSR count). The van der Waals surface area contributed by atoms with E-state index in [1.807, 2.05) is 0 Å². The summed E-state index contributed by atoms with van der Waals surface area (Å²) in [6.07, 6.45) is -3.49. The minimum Gasteiger partial charge on any atom is -0.423 e. The number of alkyl halides is 3. The zero-order valence-corrected chi connectivity index (χ0v) is 8.38. The number of benzene rings is 1. The molecule has 0 aliphatic heterocycles. The molecule has 0 amide bonds. The third kappa shape index (κ3) is 1.88. The molecule has 84 valence electrons. The van der Waals surface area contributed by atoms with Crippen molar-refractivity contribution < 1.29 is 17.6 Å². The Morgan fingerprint density at radius 1 is 1.25 bits per heavy atom. The summed E-state index contributed by atoms with van der Waals surface area (Å²) < 4.78 is 42.4. The van der Waals surface area contributed by atoms with E-state index in [1.165, 1.54) is 12.1 Å². The predicted molar refractivity (Wildman–Crippen MR) is 49.7 cm³/mol. The highest BCUT2D eigenvalue weighted by molar-refractivity contribution is 6.34. The van der Waals surface area contributed by atoms with Gasteiger partial charge in [0.15, 0.2) is 0 Å². The first kappa shape index (κ1) is 10.9. The quantitative estimate of drug-likeness (QED) is 0.776. The molecule has 1 aromatic heterocycles. The van der Waals surface area contributed by atoms with E-state index in [9.17, 15) is 13.2 Å². The number of nitrogens with zero attached hydrogens (tertiary/aromatic N) is 2. The highest BCUT2D eigenvalue weighted by Gasteiger charge is 2.34. The Bertz CT molecular complexity index is 496. The largest absolute Gasteiger partial charge is 0.423 e. The molecule has 0 bridgehead atoms. The van der Waals surface area contributed by atoms with E-state index < -0.39 is 16.8 Å². The van der Waals surface area contributed by atoms with Gasteiger partial charge in [0.25, 0.3) is 0 Å². The first-order valence-electron chi connectivity index (χ1n) is 4.12. The monoisotopic (exact) mass is 248 g/mol. The maximum atomic E-state index is 12.5. The van der Waals surface area contributed by atoms with E-state index in [-0.39, 0.29) is 11.5 Å². The Morgan fingerprint density at radius 3 is 2.56 bits per heavy atom. The van der Waals surface area contributed by atoms with Gasteiger partial charge in [-0.3, -0.25) is 0 Å². The molecular formula is C9H4ClF3N2O. The minimum atomic E-state index is -4.51. The first-order valence-corrected chi connectivity index (χ1v) is 4.50. The van der Waals surface area contributed by atoms with Gasteiger partial charge in [-0.05, 0) is 12.1 Å². The first-order chi connectivity index (χ1) is 7.50. The van der Waals surface area contributed by atoms with Gasteiger partial charge < -0.3 is 4.42 Å². The maximum absolute atomic E-state index is 12.5. The molecule has 7 heteroatoms. The van der Waals surface area contributed by atoms with Crippen molar-refractivity contribution in [3.8, 4) is 11.5 Å². The van der Waals surface area contributed by atoms with Crippen LogP contribution in [0.1, 0.15) is 5.56 Å². The van der Waals surface area contributed by atoms with Crippen LogP contribution in [-0.4, -0.2) is 10.2 Å². The second kappa shape index (κ2) is 3.79. The standard InChI is InChI=1S/C9H4ClF3N2O/c10-7-5(8-15-14-4-16-8)2-1-3-6(7)9(11,12)13/h1-4H. The normalized spacial score (nSPS) is 11.8. The molecule has 0 aliphatic carbocycles. The summed E-state index contributed by atoms with van der Waals surface area (Å²) in [7, 11) is 0. The molecular weight excluding hydrogens is 245 g/mol. The molecule has 0 saturated carbocycles. The van der Waals surface area contributed by atoms with Crippen LogP contribution in [0.5, 0.6) is 0 Å². The summed E-state index contributed by atoms with van der Waals surface area (Å²) in [5, 5.41) is 6.43. The van der Waals surface area contributed by atoms with Crippen LogP contribution in [0.2, 0.25) is 5.02 Å². The highest BCUT2D eigenvalue weighted by atomic mass is 35.5. The van der Waals surface area contributed by atoms with Crippen LogP contribution in [0.3, 0.4) is 0 Å². The second-order valence-corrected chi connectivity index (χ2v) is 3.29. The van der Waals surface area contributed by atoms with Crippen LogP contribution in [0.15, 0.2) is 29.0 Å². The second-order valence-electron chi connectivity index (χ2n) is 2.91. The Balaban J connectivity index is 2.58. The SMILES string of the molecule is FC(F)(F)c1cccc(-c2nnco2)c1Cl. The lowest BCUT2D eigenvalue weighted by molar-refractivity contribution is -0.137. The lowest BCUT2D eigenvalue weighted by Gasteiger charge is -2.10. The minimum absolute atomic E-state index is 0.0453. The van der Waals surface area contributed by atoms with Crippen molar-refractivity contribution >= 4 is 11.6 Å². The van der Waals surface area contributed by atoms with Crippen LogP contribution in [0, 0.1) is 0 Å². The third-order valence-corrected chi connectivity index (χ3v) is 2.30. The van der Waals surface area contributed by atoms with Gasteiger partial charge in [-0.25, -0.2) is 0 Å². The van der Waals surface area contributed by atoms with Gasteiger partial charge in [0, 0.05) is 0 Å². The van der Waals surface area contributed by atoms with E-state index in [1.54, 1.807) is 0 Å². The van der Waals surface area contributed by atoms with Gasteiger partial charge in [0.1, 0.15) is 0 Å². The molecule has 0 unspecified atom stereocenters. The average molecular weight is 249 g/mol. The van der Waals surface area contributed by atoms with Crippen molar-refractivity contribution in [2.45, 2.75) is 6.18 Å². The molecule has 0 N–H and O–H groups in total. The van der Waals surface area contributed by atoms with Crippen molar-refractivity contribution in [1.82, 2.24) is 10.2 Å². The maximum Gasteiger partial charge on any atom is 0.417 e. The van der Waals surface area contributed by atoms with E-state index >= 15 is 0 Å². The van der Waals surface area contributed by atoms with E-state index in [4.69, 9.17) is 16.0 Å². The van der Waals surface area contributed by atoms with E-state index in [0.717, 1.165) is 12.5 Å². The Labute approximate surface area is 92.9 Å². The highest BCUT2D eigenvalue weighted by Crippen LogP contribution is 2.38. The fourth-order valence-corrected chi connectivity index (χ4v) is 1.52. The van der Waals surface area contributed by atoms with Gasteiger partial charge in [0.2, 0.25) is 12.3 Å². The van der Waals surface area contributed by atoms with Gasteiger partial charge in [0.05, 0.1) is 16.1 Å². The topological polar surface area (TPSA) is 38.9 Å². The van der Waals surface area contributed by atoms with Crippen molar-refractivity contribution in [3.63, 3.8) is 0 Å². The number of rotatable bonds is 1. The van der Waals surface area contributed by atoms with E-state index in [0.29, 0.717) is 0 Å². The van der Waals surface area contributed by atoms with Crippen LogP contribution in [0.25, 0.3) is 11.5 Å². The molecule has 0 aliphatic rings. The van der Waals surface area contributed by atoms with Crippen LogP contribution in [0.4, 0.5) is 13.2 Å². The van der Waals surface area contributed by atoms with Crippen molar-refractivity contribution in [2.24, 2.45) is 0 Å². The van der Waals surface area contributed by atoms with Crippen LogP contribution in [-0.2, 0) is 6.18 Å². The summed E-state index contributed by atoms with van der Waals surface area (Å²) in [5.74, 6) is -0.0453. The molecule has 1 aromatic carbocycles. The van der Waals surface area contributed by atoms with Gasteiger partial charge >= 0.3 is 6.18 Å². The molecule has 16 heavy (non-hydrogen) atoms. The fraction of sp³-hybridized carbons (Fsp3) is 0.111. The smallest absolute Gasteiger partial charge is 0.417 e. The summed E-state index contributed by atoms with van der Waals surface area (Å²) in [5.41, 5.74) is -0.862. The molecule has 0 saturated heterocycles. The zero-order valence-electron chi connectivity index (χ0n) is 7.62. The van der Waals surface area contributed by atoms with Crippen molar-refractivity contribution in [1.29, 1.82) is 0 Å². The van der Waals surface area contributed by atoms with Crippen molar-refractivity contribution in [3.05, 3.63) is 35.2 Å². The number of aromatic nitrogens is 2. The van der Waals surface area contributed by atoms with E-state index in [2.05, 4.69) is 10.2 Å². The zero-order chi connectivity index (χ0) is 11.8. The molecule has 0 radical (unpaired) electrons. The fourth-order valence-electron chi connectivity index (χ4n) is 1.21. The number of hydrogen-bond acceptors (Lipinski definition) is 3. The molecule has 0 atom stereocenters. The lowest BCUT2D eigenvalue weighted by Crippen LogP contribution is -2.06. The Morgan fingerprint density at radius 2 is 2.00 bits per heavy atom. The average Bonchev–Trinajstić information content (AvgIpc) is 2.69. The molecule has 0 spiro atoms. The Hall–Kier alpha value is -1.56. The predicted octanol–water partition coefficient (Wildman–Crippen LogP) is 3.41. The van der Waals surface area contributed by atoms with Crippen LogP contribution < -0.4 is 0 Å². The Kier molecular flexibility index (Phi) is 2.59. The van der Waals surface area contributed by atoms with Gasteiger partial charge in [-0.1, -0.05) is 17.7 Å².